The number of hydrogen-bond donors (Lipinski definition) is 0. The van der Waals surface area contributed by atoms with Gasteiger partial charge in [0.25, 0.3) is 5.56 Å². The third-order valence-electron chi connectivity index (χ3n) is 6.48. The molecule has 0 saturated heterocycles. The van der Waals surface area contributed by atoms with Gasteiger partial charge in [-0.2, -0.15) is 0 Å². The Kier molecular flexibility index (Phi) is 6.01. The lowest BCUT2D eigenvalue weighted by molar-refractivity contribution is -0.129. The first-order chi connectivity index (χ1) is 17.3. The molecule has 5 rings (SSSR count). The van der Waals surface area contributed by atoms with Crippen molar-refractivity contribution in [1.82, 2.24) is 14.0 Å². The molecular formula is C27H23N3O5S. The summed E-state index contributed by atoms with van der Waals surface area (Å²) >= 11 is 1.27. The van der Waals surface area contributed by atoms with Gasteiger partial charge in [0, 0.05) is 29.5 Å². The van der Waals surface area contributed by atoms with Gasteiger partial charge < -0.3 is 4.90 Å². The van der Waals surface area contributed by atoms with E-state index in [4.69, 9.17) is 0 Å². The number of fused-ring (bicyclic) bond motifs is 3. The van der Waals surface area contributed by atoms with Crippen molar-refractivity contribution in [3.63, 3.8) is 0 Å². The number of carbonyl (C=O) groups is 3. The second kappa shape index (κ2) is 9.16. The minimum Gasteiger partial charge on any atom is -0.337 e. The molecule has 8 nitrogen and oxygen atoms in total. The number of benzene rings is 2. The Bertz CT molecular complexity index is 1660. The number of Topliss-reactive ketones (excluding diaryl/α,β-unsaturated/α-hetero) is 2. The molecule has 0 fully saturated rings. The lowest BCUT2D eigenvalue weighted by Gasteiger charge is -2.25. The molecule has 0 N–H and O–H groups in total. The number of aromatic nitrogens is 2. The number of nitrogens with zero attached hydrogens (tertiary/aromatic N) is 3. The summed E-state index contributed by atoms with van der Waals surface area (Å²) in [6.45, 7) is 3.49. The van der Waals surface area contributed by atoms with Crippen molar-refractivity contribution >= 4 is 39.0 Å². The molecule has 1 aliphatic heterocycles. The monoisotopic (exact) mass is 501 g/mol. The highest BCUT2D eigenvalue weighted by Gasteiger charge is 2.28. The van der Waals surface area contributed by atoms with Crippen molar-refractivity contribution in [3.8, 4) is 5.69 Å². The van der Waals surface area contributed by atoms with Crippen molar-refractivity contribution in [3.05, 3.63) is 97.0 Å². The van der Waals surface area contributed by atoms with Crippen molar-refractivity contribution in [1.29, 1.82) is 0 Å². The van der Waals surface area contributed by atoms with Crippen LogP contribution in [0.3, 0.4) is 0 Å². The third-order valence-corrected chi connectivity index (χ3v) is 7.72. The largest absolute Gasteiger partial charge is 0.337 e. The standard InChI is InChI=1S/C27H23N3O5S/c1-16(31)19-9-6-10-20(13-19)30-25(34)24-21-11-12-28(17(2)32)15-23(21)36-26(24)29(27(30)35)14-22(33)18-7-4-3-5-8-18/h3-10,13H,11-12,14-15H2,1-2H3. The number of rotatable bonds is 5. The van der Waals surface area contributed by atoms with E-state index in [1.54, 1.807) is 53.4 Å². The molecule has 36 heavy (non-hydrogen) atoms. The maximum absolute atomic E-state index is 13.8. The topological polar surface area (TPSA) is 98.4 Å². The van der Waals surface area contributed by atoms with E-state index in [-0.39, 0.29) is 29.7 Å². The fourth-order valence-corrected chi connectivity index (χ4v) is 5.91. The maximum Gasteiger partial charge on any atom is 0.337 e. The fourth-order valence-electron chi connectivity index (χ4n) is 4.56. The number of carbonyl (C=O) groups excluding carboxylic acids is 3. The molecule has 182 valence electrons. The van der Waals surface area contributed by atoms with Gasteiger partial charge in [0.05, 0.1) is 24.2 Å². The van der Waals surface area contributed by atoms with Crippen LogP contribution in [-0.2, 0) is 24.3 Å². The zero-order valence-corrected chi connectivity index (χ0v) is 20.6. The molecule has 0 aliphatic carbocycles. The summed E-state index contributed by atoms with van der Waals surface area (Å²) in [7, 11) is 0. The van der Waals surface area contributed by atoms with Gasteiger partial charge in [-0.25, -0.2) is 9.36 Å². The van der Waals surface area contributed by atoms with E-state index < -0.39 is 11.2 Å². The van der Waals surface area contributed by atoms with Gasteiger partial charge >= 0.3 is 5.69 Å². The number of hydrogen-bond acceptors (Lipinski definition) is 6. The first kappa shape index (κ1) is 23.6. The molecule has 0 spiro atoms. The molecule has 9 heteroatoms. The fraction of sp³-hybridized carbons (Fsp3) is 0.222. The summed E-state index contributed by atoms with van der Waals surface area (Å²) in [6.07, 6.45) is 0.475. The van der Waals surface area contributed by atoms with Crippen LogP contribution in [-0.4, -0.2) is 38.1 Å². The van der Waals surface area contributed by atoms with Crippen LogP contribution in [0.1, 0.15) is 45.0 Å². The molecule has 0 atom stereocenters. The van der Waals surface area contributed by atoms with E-state index in [0.29, 0.717) is 40.9 Å². The molecule has 4 aromatic rings. The smallest absolute Gasteiger partial charge is 0.337 e. The molecule has 0 radical (unpaired) electrons. The van der Waals surface area contributed by atoms with Crippen LogP contribution in [0.2, 0.25) is 0 Å². The van der Waals surface area contributed by atoms with Crippen molar-refractivity contribution in [2.45, 2.75) is 33.4 Å². The molecule has 0 saturated carbocycles. The molecule has 2 aromatic carbocycles. The third kappa shape index (κ3) is 4.01. The van der Waals surface area contributed by atoms with Crippen LogP contribution in [0.4, 0.5) is 0 Å². The maximum atomic E-state index is 13.8. The summed E-state index contributed by atoms with van der Waals surface area (Å²) in [4.78, 5) is 67.6. The zero-order valence-electron chi connectivity index (χ0n) is 19.8. The van der Waals surface area contributed by atoms with Crippen LogP contribution in [0, 0.1) is 0 Å². The first-order valence-corrected chi connectivity index (χ1v) is 12.3. The molecule has 0 bridgehead atoms. The lowest BCUT2D eigenvalue weighted by Crippen LogP contribution is -2.40. The second-order valence-electron chi connectivity index (χ2n) is 8.78. The Morgan fingerprint density at radius 3 is 2.36 bits per heavy atom. The highest BCUT2D eigenvalue weighted by molar-refractivity contribution is 7.18. The van der Waals surface area contributed by atoms with Crippen molar-refractivity contribution < 1.29 is 14.4 Å². The normalized spacial score (nSPS) is 13.0. The molecule has 1 amide bonds. The number of ketones is 2. The molecule has 0 unspecified atom stereocenters. The Morgan fingerprint density at radius 2 is 1.67 bits per heavy atom. The van der Waals surface area contributed by atoms with Gasteiger partial charge in [-0.1, -0.05) is 42.5 Å². The second-order valence-corrected chi connectivity index (χ2v) is 9.86. The molecule has 3 heterocycles. The van der Waals surface area contributed by atoms with Gasteiger partial charge in [0.2, 0.25) is 5.91 Å². The van der Waals surface area contributed by atoms with E-state index in [1.165, 1.54) is 35.8 Å². The van der Waals surface area contributed by atoms with Crippen LogP contribution < -0.4 is 11.2 Å². The first-order valence-electron chi connectivity index (χ1n) is 11.5. The Balaban J connectivity index is 1.77. The van der Waals surface area contributed by atoms with Crippen molar-refractivity contribution in [2.24, 2.45) is 0 Å². The average Bonchev–Trinajstić information content (AvgIpc) is 3.26. The van der Waals surface area contributed by atoms with Crippen LogP contribution >= 0.6 is 11.3 Å². The Morgan fingerprint density at radius 1 is 0.944 bits per heavy atom. The minimum atomic E-state index is -0.653. The van der Waals surface area contributed by atoms with E-state index in [0.717, 1.165) is 15.0 Å². The van der Waals surface area contributed by atoms with Gasteiger partial charge in [-0.15, -0.1) is 11.3 Å². The average molecular weight is 502 g/mol. The lowest BCUT2D eigenvalue weighted by atomic mass is 10.0. The summed E-state index contributed by atoms with van der Waals surface area (Å²) in [5.41, 5.74) is 0.747. The SMILES string of the molecule is CC(=O)c1cccc(-n2c(=O)c3c4c(sc3n(CC(=O)c3ccccc3)c2=O)CN(C(C)=O)CC4)c1. The highest BCUT2D eigenvalue weighted by Crippen LogP contribution is 2.33. The van der Waals surface area contributed by atoms with E-state index >= 15 is 0 Å². The summed E-state index contributed by atoms with van der Waals surface area (Å²) in [5.74, 6) is -0.519. The zero-order chi connectivity index (χ0) is 25.6. The summed E-state index contributed by atoms with van der Waals surface area (Å²) < 4.78 is 2.38. The van der Waals surface area contributed by atoms with Crippen molar-refractivity contribution in [2.75, 3.05) is 6.54 Å². The highest BCUT2D eigenvalue weighted by atomic mass is 32.1. The Labute approximate surface area is 210 Å². The van der Waals surface area contributed by atoms with Gasteiger partial charge in [-0.05, 0) is 31.0 Å². The predicted molar refractivity (Wildman–Crippen MR) is 137 cm³/mol. The molecular weight excluding hydrogens is 478 g/mol. The van der Waals surface area contributed by atoms with E-state index in [2.05, 4.69) is 0 Å². The van der Waals surface area contributed by atoms with Gasteiger partial charge in [0.1, 0.15) is 4.83 Å². The number of thiophene rings is 1. The van der Waals surface area contributed by atoms with E-state index in [1.807, 2.05) is 0 Å². The summed E-state index contributed by atoms with van der Waals surface area (Å²) in [6, 6.07) is 15.0. The van der Waals surface area contributed by atoms with Gasteiger partial charge in [0.15, 0.2) is 11.6 Å². The number of amides is 1. The predicted octanol–water partition coefficient (Wildman–Crippen LogP) is 3.20. The van der Waals surface area contributed by atoms with Crippen LogP contribution in [0.25, 0.3) is 15.9 Å². The van der Waals surface area contributed by atoms with Crippen LogP contribution in [0.5, 0.6) is 0 Å². The quantitative estimate of drug-likeness (QED) is 0.391. The summed E-state index contributed by atoms with van der Waals surface area (Å²) in [5, 5.41) is 0.381. The minimum absolute atomic E-state index is 0.0618. The Hall–Kier alpha value is -4.11. The van der Waals surface area contributed by atoms with Crippen LogP contribution in [0.15, 0.2) is 64.2 Å². The molecule has 2 aromatic heterocycles. The molecule has 1 aliphatic rings. The van der Waals surface area contributed by atoms with Gasteiger partial charge in [-0.3, -0.25) is 23.7 Å². The van der Waals surface area contributed by atoms with E-state index in [9.17, 15) is 24.0 Å².